The van der Waals surface area contributed by atoms with Crippen molar-refractivity contribution >= 4 is 16.8 Å². The summed E-state index contributed by atoms with van der Waals surface area (Å²) in [5.74, 6) is 1.57. The smallest absolute Gasteiger partial charge is 0.256 e. The maximum atomic E-state index is 13.2. The molecular formula is C20H26N2O. The maximum Gasteiger partial charge on any atom is 0.256 e. The van der Waals surface area contributed by atoms with E-state index in [0.717, 1.165) is 30.0 Å². The van der Waals surface area contributed by atoms with E-state index in [1.54, 1.807) is 0 Å². The van der Waals surface area contributed by atoms with Gasteiger partial charge in [-0.2, -0.15) is 0 Å². The second kappa shape index (κ2) is 5.70. The fourth-order valence-corrected chi connectivity index (χ4v) is 3.48. The van der Waals surface area contributed by atoms with Gasteiger partial charge < -0.3 is 9.47 Å². The van der Waals surface area contributed by atoms with Gasteiger partial charge in [0, 0.05) is 36.2 Å². The van der Waals surface area contributed by atoms with E-state index < -0.39 is 0 Å². The first-order valence-corrected chi connectivity index (χ1v) is 9.02. The van der Waals surface area contributed by atoms with Crippen molar-refractivity contribution in [1.82, 2.24) is 9.47 Å². The molecular weight excluding hydrogens is 284 g/mol. The molecule has 0 bridgehead atoms. The fraction of sp³-hybridized carbons (Fsp3) is 0.550. The molecule has 0 N–H and O–H groups in total. The molecule has 0 saturated heterocycles. The summed E-state index contributed by atoms with van der Waals surface area (Å²) in [6.07, 6.45) is 7.05. The number of carbonyl (C=O) groups is 1. The Kier molecular flexibility index (Phi) is 3.67. The van der Waals surface area contributed by atoms with E-state index in [-0.39, 0.29) is 5.91 Å². The van der Waals surface area contributed by atoms with Crippen LogP contribution in [0.5, 0.6) is 0 Å². The van der Waals surface area contributed by atoms with Crippen molar-refractivity contribution in [3.63, 3.8) is 0 Å². The van der Waals surface area contributed by atoms with Crippen LogP contribution in [0.2, 0.25) is 0 Å². The summed E-state index contributed by atoms with van der Waals surface area (Å²) in [5, 5.41) is 1.11. The third-order valence-corrected chi connectivity index (χ3v) is 4.98. The first kappa shape index (κ1) is 14.8. The van der Waals surface area contributed by atoms with E-state index in [0.29, 0.717) is 12.0 Å². The maximum absolute atomic E-state index is 13.2. The Hall–Kier alpha value is -1.77. The number of carbonyl (C=O) groups excluding carboxylic acids is 1. The van der Waals surface area contributed by atoms with Crippen LogP contribution < -0.4 is 0 Å². The molecule has 1 aromatic carbocycles. The Labute approximate surface area is 138 Å². The minimum absolute atomic E-state index is 0.248. The Morgan fingerprint density at radius 3 is 2.61 bits per heavy atom. The Balaban J connectivity index is 1.70. The van der Waals surface area contributed by atoms with Gasteiger partial charge in [0.2, 0.25) is 0 Å². The molecule has 0 unspecified atom stereocenters. The van der Waals surface area contributed by atoms with Crippen LogP contribution in [0.1, 0.15) is 49.9 Å². The van der Waals surface area contributed by atoms with E-state index in [1.807, 2.05) is 6.07 Å². The molecule has 4 rings (SSSR count). The van der Waals surface area contributed by atoms with E-state index in [1.165, 1.54) is 31.2 Å². The van der Waals surface area contributed by atoms with E-state index >= 15 is 0 Å². The van der Waals surface area contributed by atoms with Crippen molar-refractivity contribution in [3.05, 3.63) is 36.0 Å². The van der Waals surface area contributed by atoms with Gasteiger partial charge in [0.25, 0.3) is 5.91 Å². The van der Waals surface area contributed by atoms with Crippen molar-refractivity contribution < 1.29 is 4.79 Å². The molecule has 3 nitrogen and oxygen atoms in total. The van der Waals surface area contributed by atoms with E-state index in [2.05, 4.69) is 47.7 Å². The van der Waals surface area contributed by atoms with Crippen LogP contribution in [-0.2, 0) is 6.54 Å². The zero-order valence-electron chi connectivity index (χ0n) is 14.2. The predicted octanol–water partition coefficient (Wildman–Crippen LogP) is 4.31. The molecule has 0 aliphatic heterocycles. The number of para-hydroxylation sites is 1. The molecule has 2 aliphatic carbocycles. The molecule has 1 heterocycles. The van der Waals surface area contributed by atoms with Crippen LogP contribution in [0.4, 0.5) is 0 Å². The third kappa shape index (κ3) is 3.01. The molecule has 0 spiro atoms. The Morgan fingerprint density at radius 2 is 1.96 bits per heavy atom. The topological polar surface area (TPSA) is 25.2 Å². The highest BCUT2D eigenvalue weighted by molar-refractivity contribution is 6.07. The molecule has 2 aromatic rings. The number of aromatic nitrogens is 1. The number of amides is 1. The second-order valence-electron chi connectivity index (χ2n) is 7.74. The summed E-state index contributed by atoms with van der Waals surface area (Å²) in [5.41, 5.74) is 2.08. The molecule has 2 aliphatic rings. The first-order valence-electron chi connectivity index (χ1n) is 9.02. The van der Waals surface area contributed by atoms with Crippen LogP contribution in [0, 0.1) is 11.8 Å². The average Bonchev–Trinajstić information content (AvgIpc) is 3.42. The molecule has 23 heavy (non-hydrogen) atoms. The minimum atomic E-state index is 0.248. The van der Waals surface area contributed by atoms with Crippen molar-refractivity contribution in [2.45, 2.75) is 52.1 Å². The molecule has 122 valence electrons. The van der Waals surface area contributed by atoms with Gasteiger partial charge in [-0.1, -0.05) is 32.0 Å². The number of hydrogen-bond donors (Lipinski definition) is 0. The predicted molar refractivity (Wildman–Crippen MR) is 93.6 cm³/mol. The second-order valence-corrected chi connectivity index (χ2v) is 7.74. The lowest BCUT2D eigenvalue weighted by Crippen LogP contribution is -2.34. The van der Waals surface area contributed by atoms with Crippen molar-refractivity contribution in [1.29, 1.82) is 0 Å². The zero-order valence-corrected chi connectivity index (χ0v) is 14.2. The van der Waals surface area contributed by atoms with Crippen molar-refractivity contribution in [2.75, 3.05) is 6.54 Å². The van der Waals surface area contributed by atoms with Gasteiger partial charge in [0.1, 0.15) is 0 Å². The number of rotatable bonds is 6. The third-order valence-electron chi connectivity index (χ3n) is 4.98. The van der Waals surface area contributed by atoms with Gasteiger partial charge in [0.15, 0.2) is 0 Å². The molecule has 0 atom stereocenters. The van der Waals surface area contributed by atoms with Crippen LogP contribution in [0.25, 0.3) is 10.9 Å². The number of fused-ring (bicyclic) bond motifs is 1. The van der Waals surface area contributed by atoms with Gasteiger partial charge in [0.05, 0.1) is 5.56 Å². The summed E-state index contributed by atoms with van der Waals surface area (Å²) in [6.45, 7) is 6.37. The van der Waals surface area contributed by atoms with Crippen LogP contribution in [0.3, 0.4) is 0 Å². The molecule has 1 amide bonds. The van der Waals surface area contributed by atoms with Gasteiger partial charge in [-0.3, -0.25) is 4.79 Å². The first-order chi connectivity index (χ1) is 11.1. The van der Waals surface area contributed by atoms with Gasteiger partial charge >= 0.3 is 0 Å². The Morgan fingerprint density at radius 1 is 1.22 bits per heavy atom. The monoisotopic (exact) mass is 310 g/mol. The lowest BCUT2D eigenvalue weighted by atomic mass is 10.1. The SMILES string of the molecule is CC(C)Cn1cc(C(=O)N(CC2CC2)C2CC2)c2ccccc21. The van der Waals surface area contributed by atoms with Crippen LogP contribution in [0.15, 0.2) is 30.5 Å². The molecule has 3 heteroatoms. The minimum Gasteiger partial charge on any atom is -0.346 e. The highest BCUT2D eigenvalue weighted by Crippen LogP contribution is 2.36. The van der Waals surface area contributed by atoms with E-state index in [4.69, 9.17) is 0 Å². The number of benzene rings is 1. The molecule has 2 fully saturated rings. The largest absolute Gasteiger partial charge is 0.346 e. The van der Waals surface area contributed by atoms with Crippen LogP contribution in [-0.4, -0.2) is 28.0 Å². The summed E-state index contributed by atoms with van der Waals surface area (Å²) < 4.78 is 2.26. The summed E-state index contributed by atoms with van der Waals surface area (Å²) in [4.78, 5) is 15.4. The average molecular weight is 310 g/mol. The molecule has 1 aromatic heterocycles. The summed E-state index contributed by atoms with van der Waals surface area (Å²) in [7, 11) is 0. The standard InChI is InChI=1S/C20H26N2O/c1-14(2)11-21-13-18(17-5-3-4-6-19(17)21)20(23)22(16-9-10-16)12-15-7-8-15/h3-6,13-16H,7-12H2,1-2H3. The molecule has 0 radical (unpaired) electrons. The van der Waals surface area contributed by atoms with Crippen LogP contribution >= 0.6 is 0 Å². The highest BCUT2D eigenvalue weighted by Gasteiger charge is 2.37. The number of hydrogen-bond acceptors (Lipinski definition) is 1. The summed E-state index contributed by atoms with van der Waals surface area (Å²) >= 11 is 0. The normalized spacial score (nSPS) is 17.9. The summed E-state index contributed by atoms with van der Waals surface area (Å²) in [6, 6.07) is 8.84. The quantitative estimate of drug-likeness (QED) is 0.780. The van der Waals surface area contributed by atoms with Gasteiger partial charge in [-0.25, -0.2) is 0 Å². The molecule has 2 saturated carbocycles. The van der Waals surface area contributed by atoms with Crippen molar-refractivity contribution in [3.8, 4) is 0 Å². The van der Waals surface area contributed by atoms with Gasteiger partial charge in [-0.05, 0) is 43.6 Å². The lowest BCUT2D eigenvalue weighted by molar-refractivity contribution is 0.0736. The Bertz CT molecular complexity index is 722. The van der Waals surface area contributed by atoms with Crippen molar-refractivity contribution in [2.24, 2.45) is 11.8 Å². The van der Waals surface area contributed by atoms with Gasteiger partial charge in [-0.15, -0.1) is 0 Å². The highest BCUT2D eigenvalue weighted by atomic mass is 16.2. The zero-order chi connectivity index (χ0) is 16.0. The van der Waals surface area contributed by atoms with E-state index in [9.17, 15) is 4.79 Å². The fourth-order valence-electron chi connectivity index (χ4n) is 3.48. The lowest BCUT2D eigenvalue weighted by Gasteiger charge is -2.22. The number of nitrogens with zero attached hydrogens (tertiary/aromatic N) is 2.